The Morgan fingerprint density at radius 3 is 2.75 bits per heavy atom. The molecule has 24 heavy (non-hydrogen) atoms. The number of nitrogens with one attached hydrogen (secondary N) is 2. The first-order chi connectivity index (χ1) is 11.3. The molecular formula is C16H25IN6S. The third-order valence-electron chi connectivity index (χ3n) is 4.24. The Balaban J connectivity index is 0.00000208. The van der Waals surface area contributed by atoms with Crippen molar-refractivity contribution in [2.24, 2.45) is 12.0 Å². The van der Waals surface area contributed by atoms with Crippen molar-refractivity contribution < 1.29 is 0 Å². The number of aromatic nitrogens is 2. The smallest absolute Gasteiger partial charge is 0.191 e. The van der Waals surface area contributed by atoms with E-state index in [-0.39, 0.29) is 24.0 Å². The van der Waals surface area contributed by atoms with Crippen molar-refractivity contribution in [2.75, 3.05) is 25.0 Å². The number of thiophene rings is 1. The van der Waals surface area contributed by atoms with Crippen molar-refractivity contribution in [1.82, 2.24) is 20.4 Å². The van der Waals surface area contributed by atoms with E-state index in [2.05, 4.69) is 43.1 Å². The van der Waals surface area contributed by atoms with Crippen LogP contribution in [0.25, 0.3) is 0 Å². The molecule has 0 amide bonds. The second-order valence-corrected chi connectivity index (χ2v) is 6.66. The van der Waals surface area contributed by atoms with Gasteiger partial charge in [0.15, 0.2) is 5.96 Å². The Kier molecular flexibility index (Phi) is 7.35. The topological polar surface area (TPSA) is 57.5 Å². The molecule has 8 heteroatoms. The van der Waals surface area contributed by atoms with Crippen molar-refractivity contribution in [1.29, 1.82) is 0 Å². The lowest BCUT2D eigenvalue weighted by Crippen LogP contribution is -2.48. The summed E-state index contributed by atoms with van der Waals surface area (Å²) < 4.78 is 1.87. The molecule has 0 aromatic carbocycles. The predicted molar refractivity (Wildman–Crippen MR) is 112 cm³/mol. The Labute approximate surface area is 164 Å². The molecule has 0 spiro atoms. The summed E-state index contributed by atoms with van der Waals surface area (Å²) in [5.41, 5.74) is 1.14. The van der Waals surface area contributed by atoms with Gasteiger partial charge in [-0.2, -0.15) is 5.10 Å². The quantitative estimate of drug-likeness (QED) is 0.418. The van der Waals surface area contributed by atoms with Crippen LogP contribution < -0.4 is 15.5 Å². The van der Waals surface area contributed by atoms with Crippen LogP contribution >= 0.6 is 35.3 Å². The highest BCUT2D eigenvalue weighted by Gasteiger charge is 2.20. The fourth-order valence-electron chi connectivity index (χ4n) is 2.83. The maximum atomic E-state index is 4.33. The minimum absolute atomic E-state index is 0. The van der Waals surface area contributed by atoms with Gasteiger partial charge in [-0.15, -0.1) is 35.3 Å². The van der Waals surface area contributed by atoms with E-state index in [1.54, 1.807) is 0 Å². The predicted octanol–water partition coefficient (Wildman–Crippen LogP) is 2.43. The molecule has 3 rings (SSSR count). The normalized spacial score (nSPS) is 15.9. The van der Waals surface area contributed by atoms with Gasteiger partial charge >= 0.3 is 0 Å². The molecule has 1 fully saturated rings. The molecule has 6 nitrogen and oxygen atoms in total. The molecular weight excluding hydrogens is 435 g/mol. The number of hydrogen-bond donors (Lipinski definition) is 2. The average molecular weight is 460 g/mol. The van der Waals surface area contributed by atoms with Gasteiger partial charge in [-0.05, 0) is 36.4 Å². The minimum Gasteiger partial charge on any atom is -0.363 e. The Bertz CT molecular complexity index is 631. The monoisotopic (exact) mass is 460 g/mol. The molecule has 0 bridgehead atoms. The second kappa shape index (κ2) is 9.26. The summed E-state index contributed by atoms with van der Waals surface area (Å²) >= 11 is 1.82. The summed E-state index contributed by atoms with van der Waals surface area (Å²) in [5.74, 6) is 0.862. The molecule has 0 aliphatic carbocycles. The van der Waals surface area contributed by atoms with Crippen molar-refractivity contribution >= 4 is 46.3 Å². The zero-order valence-corrected chi connectivity index (χ0v) is 17.3. The molecule has 132 valence electrons. The number of anilines is 1. The van der Waals surface area contributed by atoms with Gasteiger partial charge in [-0.3, -0.25) is 9.67 Å². The number of rotatable bonds is 4. The molecule has 1 aliphatic rings. The van der Waals surface area contributed by atoms with Crippen LogP contribution in [-0.2, 0) is 13.6 Å². The van der Waals surface area contributed by atoms with Crippen LogP contribution in [0.2, 0.25) is 0 Å². The lowest BCUT2D eigenvalue weighted by atomic mass is 10.1. The van der Waals surface area contributed by atoms with Gasteiger partial charge in [0.05, 0.1) is 17.2 Å². The molecule has 0 unspecified atom stereocenters. The summed E-state index contributed by atoms with van der Waals surface area (Å²) in [5, 5.41) is 14.6. The molecule has 1 aliphatic heterocycles. The third kappa shape index (κ3) is 4.85. The maximum absolute atomic E-state index is 4.33. The number of aliphatic imine (C=N–C) groups is 1. The number of halogens is 1. The van der Waals surface area contributed by atoms with E-state index in [1.807, 2.05) is 42.4 Å². The number of piperidine rings is 1. The Morgan fingerprint density at radius 2 is 2.17 bits per heavy atom. The van der Waals surface area contributed by atoms with Crippen LogP contribution in [-0.4, -0.2) is 41.9 Å². The van der Waals surface area contributed by atoms with E-state index in [1.165, 1.54) is 5.00 Å². The molecule has 2 aromatic rings. The highest BCUT2D eigenvalue weighted by Crippen LogP contribution is 2.24. The van der Waals surface area contributed by atoms with Crippen LogP contribution in [0.3, 0.4) is 0 Å². The summed E-state index contributed by atoms with van der Waals surface area (Å²) in [6.07, 6.45) is 4.07. The van der Waals surface area contributed by atoms with E-state index in [4.69, 9.17) is 0 Å². The third-order valence-corrected chi connectivity index (χ3v) is 5.17. The first-order valence-electron chi connectivity index (χ1n) is 7.99. The maximum Gasteiger partial charge on any atom is 0.191 e. The molecule has 3 heterocycles. The number of nitrogens with zero attached hydrogens (tertiary/aromatic N) is 4. The highest BCUT2D eigenvalue weighted by molar-refractivity contribution is 14.0. The number of guanidine groups is 1. The molecule has 1 saturated heterocycles. The van der Waals surface area contributed by atoms with E-state index >= 15 is 0 Å². The zero-order chi connectivity index (χ0) is 16.1. The average Bonchev–Trinajstić information content (AvgIpc) is 3.24. The van der Waals surface area contributed by atoms with Crippen molar-refractivity contribution in [2.45, 2.75) is 25.4 Å². The SMILES string of the molecule is CN=C(NCc1ccnn1C)NC1CCN(c2cccs2)CC1.I. The highest BCUT2D eigenvalue weighted by atomic mass is 127. The summed E-state index contributed by atoms with van der Waals surface area (Å²) in [4.78, 5) is 6.80. The minimum atomic E-state index is 0. The van der Waals surface area contributed by atoms with Gasteiger partial charge in [0.25, 0.3) is 0 Å². The van der Waals surface area contributed by atoms with Crippen molar-refractivity contribution in [3.8, 4) is 0 Å². The van der Waals surface area contributed by atoms with Crippen molar-refractivity contribution in [3.63, 3.8) is 0 Å². The van der Waals surface area contributed by atoms with Gasteiger partial charge < -0.3 is 15.5 Å². The molecule has 0 atom stereocenters. The molecule has 2 N–H and O–H groups in total. The first kappa shape index (κ1) is 19.0. The van der Waals surface area contributed by atoms with E-state index < -0.39 is 0 Å². The van der Waals surface area contributed by atoms with E-state index in [0.29, 0.717) is 6.04 Å². The molecule has 0 saturated carbocycles. The molecule has 2 aromatic heterocycles. The Morgan fingerprint density at radius 1 is 1.38 bits per heavy atom. The number of aryl methyl sites for hydroxylation is 1. The standard InChI is InChI=1S/C16H24N6S.HI/c1-17-16(18-12-14-5-8-19-21(14)2)20-13-6-9-22(10-7-13)15-4-3-11-23-15;/h3-5,8,11,13H,6-7,9-10,12H2,1-2H3,(H2,17,18,20);1H. The summed E-state index contributed by atoms with van der Waals surface area (Å²) in [6.45, 7) is 2.91. The summed E-state index contributed by atoms with van der Waals surface area (Å²) in [6, 6.07) is 6.81. The van der Waals surface area contributed by atoms with Crippen LogP contribution in [0.4, 0.5) is 5.00 Å². The van der Waals surface area contributed by atoms with Crippen LogP contribution in [0.5, 0.6) is 0 Å². The zero-order valence-electron chi connectivity index (χ0n) is 14.1. The lowest BCUT2D eigenvalue weighted by molar-refractivity contribution is 0.462. The van der Waals surface area contributed by atoms with Gasteiger partial charge in [-0.25, -0.2) is 0 Å². The first-order valence-corrected chi connectivity index (χ1v) is 8.87. The lowest BCUT2D eigenvalue weighted by Gasteiger charge is -2.33. The largest absolute Gasteiger partial charge is 0.363 e. The Hall–Kier alpha value is -1.29. The van der Waals surface area contributed by atoms with Crippen molar-refractivity contribution in [3.05, 3.63) is 35.5 Å². The van der Waals surface area contributed by atoms with Crippen LogP contribution in [0.15, 0.2) is 34.8 Å². The van der Waals surface area contributed by atoms with Crippen LogP contribution in [0, 0.1) is 0 Å². The van der Waals surface area contributed by atoms with Gasteiger partial charge in [0.1, 0.15) is 0 Å². The second-order valence-electron chi connectivity index (χ2n) is 5.73. The fraction of sp³-hybridized carbons (Fsp3) is 0.500. The van der Waals surface area contributed by atoms with Crippen LogP contribution in [0.1, 0.15) is 18.5 Å². The fourth-order valence-corrected chi connectivity index (χ4v) is 3.62. The van der Waals surface area contributed by atoms with Gasteiger partial charge in [-0.1, -0.05) is 0 Å². The number of hydrogen-bond acceptors (Lipinski definition) is 4. The summed E-state index contributed by atoms with van der Waals surface area (Å²) in [7, 11) is 3.77. The van der Waals surface area contributed by atoms with E-state index in [9.17, 15) is 0 Å². The van der Waals surface area contributed by atoms with E-state index in [0.717, 1.165) is 44.1 Å². The van der Waals surface area contributed by atoms with Gasteiger partial charge in [0.2, 0.25) is 0 Å². The van der Waals surface area contributed by atoms with Gasteiger partial charge in [0, 0.05) is 39.4 Å². The molecule has 0 radical (unpaired) electrons.